The average molecular weight is 380 g/mol. The molecule has 1 fully saturated rings. The van der Waals surface area contributed by atoms with Crippen molar-refractivity contribution >= 4 is 5.91 Å². The summed E-state index contributed by atoms with van der Waals surface area (Å²) in [4.78, 5) is 28.3. The molecule has 8 heteroatoms. The van der Waals surface area contributed by atoms with E-state index in [1.54, 1.807) is 7.11 Å². The number of benzene rings is 1. The van der Waals surface area contributed by atoms with Gasteiger partial charge in [-0.2, -0.15) is 13.2 Å². The van der Waals surface area contributed by atoms with Gasteiger partial charge in [-0.3, -0.25) is 9.59 Å². The number of hydrogen-bond donors (Lipinski definition) is 1. The third-order valence-electron chi connectivity index (χ3n) is 4.70. The largest absolute Gasteiger partial charge is 0.497 e. The van der Waals surface area contributed by atoms with Crippen LogP contribution in [0.2, 0.25) is 0 Å². The quantitative estimate of drug-likeness (QED) is 0.886. The first-order chi connectivity index (χ1) is 12.8. The van der Waals surface area contributed by atoms with Crippen molar-refractivity contribution in [1.82, 2.24) is 9.88 Å². The molecule has 0 bridgehead atoms. The molecule has 1 aromatic carbocycles. The van der Waals surface area contributed by atoms with Crippen LogP contribution in [0.5, 0.6) is 5.75 Å². The number of carbonyl (C=O) groups excluding carboxylic acids is 1. The second kappa shape index (κ2) is 7.46. The van der Waals surface area contributed by atoms with Crippen LogP contribution in [0, 0.1) is 0 Å². The standard InChI is InChI=1S/C19H19F3N2O3/c1-27-15-6-2-4-12(9-15)8-14-5-3-7-24(14)18(26)16-10-13(19(20,21)22)11-23-17(16)25/h2,4,6,9-11,14H,3,5,7-8H2,1H3,(H,23,25). The average Bonchev–Trinajstić information content (AvgIpc) is 3.08. The fourth-order valence-corrected chi connectivity index (χ4v) is 3.35. The highest BCUT2D eigenvalue weighted by Crippen LogP contribution is 2.29. The second-order valence-electron chi connectivity index (χ2n) is 6.48. The fourth-order valence-electron chi connectivity index (χ4n) is 3.35. The molecule has 3 rings (SSSR count). The monoisotopic (exact) mass is 380 g/mol. The van der Waals surface area contributed by atoms with Gasteiger partial charge in [-0.1, -0.05) is 12.1 Å². The first-order valence-electron chi connectivity index (χ1n) is 8.53. The number of amides is 1. The summed E-state index contributed by atoms with van der Waals surface area (Å²) in [5.41, 5.74) is -1.40. The summed E-state index contributed by atoms with van der Waals surface area (Å²) in [5, 5.41) is 0. The first-order valence-corrected chi connectivity index (χ1v) is 8.53. The molecular weight excluding hydrogens is 361 g/mol. The molecule has 0 saturated carbocycles. The molecule has 0 aliphatic carbocycles. The Morgan fingerprint density at radius 2 is 2.11 bits per heavy atom. The Bertz CT molecular complexity index is 892. The van der Waals surface area contributed by atoms with Crippen LogP contribution in [0.15, 0.2) is 41.3 Å². The number of hydrogen-bond acceptors (Lipinski definition) is 3. The van der Waals surface area contributed by atoms with Crippen molar-refractivity contribution in [3.63, 3.8) is 0 Å². The smallest absolute Gasteiger partial charge is 0.417 e. The molecule has 2 heterocycles. The van der Waals surface area contributed by atoms with Gasteiger partial charge in [0, 0.05) is 18.8 Å². The molecule has 1 saturated heterocycles. The Hall–Kier alpha value is -2.77. The number of H-pyrrole nitrogens is 1. The SMILES string of the molecule is COc1cccc(CC2CCCN2C(=O)c2cc(C(F)(F)F)c[nH]c2=O)c1. The van der Waals surface area contributed by atoms with E-state index in [2.05, 4.69) is 0 Å². The summed E-state index contributed by atoms with van der Waals surface area (Å²) in [7, 11) is 1.56. The van der Waals surface area contributed by atoms with Gasteiger partial charge in [0.15, 0.2) is 0 Å². The van der Waals surface area contributed by atoms with Crippen LogP contribution < -0.4 is 10.3 Å². The number of rotatable bonds is 4. The third-order valence-corrected chi connectivity index (χ3v) is 4.70. The summed E-state index contributed by atoms with van der Waals surface area (Å²) in [5.74, 6) is 0.0189. The maximum Gasteiger partial charge on any atom is 0.417 e. The Labute approximate surface area is 153 Å². The van der Waals surface area contributed by atoms with E-state index in [-0.39, 0.29) is 6.04 Å². The van der Waals surface area contributed by atoms with Crippen LogP contribution in [-0.2, 0) is 12.6 Å². The fraction of sp³-hybridized carbons (Fsp3) is 0.368. The van der Waals surface area contributed by atoms with Crippen molar-refractivity contribution < 1.29 is 22.7 Å². The van der Waals surface area contributed by atoms with Gasteiger partial charge in [0.1, 0.15) is 11.3 Å². The van der Waals surface area contributed by atoms with Crippen molar-refractivity contribution in [3.05, 3.63) is 63.6 Å². The van der Waals surface area contributed by atoms with Crippen molar-refractivity contribution in [2.24, 2.45) is 0 Å². The van der Waals surface area contributed by atoms with Crippen molar-refractivity contribution in [1.29, 1.82) is 0 Å². The number of ether oxygens (including phenoxy) is 1. The number of nitrogens with one attached hydrogen (secondary N) is 1. The molecule has 27 heavy (non-hydrogen) atoms. The topological polar surface area (TPSA) is 62.4 Å². The number of aromatic amines is 1. The van der Waals surface area contributed by atoms with E-state index in [9.17, 15) is 22.8 Å². The van der Waals surface area contributed by atoms with Gasteiger partial charge >= 0.3 is 6.18 Å². The second-order valence-corrected chi connectivity index (χ2v) is 6.48. The van der Waals surface area contributed by atoms with E-state index in [0.29, 0.717) is 31.0 Å². The van der Waals surface area contributed by atoms with E-state index >= 15 is 0 Å². The Kier molecular flexibility index (Phi) is 5.25. The number of pyridine rings is 1. The molecule has 1 aliphatic heterocycles. The zero-order valence-corrected chi connectivity index (χ0v) is 14.7. The minimum atomic E-state index is -4.63. The minimum absolute atomic E-state index is 0.182. The normalized spacial score (nSPS) is 17.2. The summed E-state index contributed by atoms with van der Waals surface area (Å²) in [6, 6.07) is 7.86. The predicted molar refractivity (Wildman–Crippen MR) is 92.8 cm³/mol. The highest BCUT2D eigenvalue weighted by Gasteiger charge is 2.35. The van der Waals surface area contributed by atoms with E-state index in [1.165, 1.54) is 4.90 Å². The van der Waals surface area contributed by atoms with E-state index in [1.807, 2.05) is 29.2 Å². The lowest BCUT2D eigenvalue weighted by Gasteiger charge is -2.25. The summed E-state index contributed by atoms with van der Waals surface area (Å²) < 4.78 is 43.9. The van der Waals surface area contributed by atoms with Gasteiger partial charge in [0.05, 0.1) is 12.7 Å². The molecule has 1 aromatic heterocycles. The summed E-state index contributed by atoms with van der Waals surface area (Å²) in [6.45, 7) is 0.406. The number of carbonyl (C=O) groups is 1. The molecule has 2 aromatic rings. The molecule has 144 valence electrons. The Morgan fingerprint density at radius 1 is 1.33 bits per heavy atom. The zero-order chi connectivity index (χ0) is 19.6. The van der Waals surface area contributed by atoms with Crippen molar-refractivity contribution in [2.45, 2.75) is 31.5 Å². The van der Waals surface area contributed by atoms with Crippen LogP contribution in [0.25, 0.3) is 0 Å². The van der Waals surface area contributed by atoms with Gasteiger partial charge in [-0.05, 0) is 43.0 Å². The van der Waals surface area contributed by atoms with Crippen LogP contribution >= 0.6 is 0 Å². The summed E-state index contributed by atoms with van der Waals surface area (Å²) in [6.07, 6.45) is -2.06. The molecule has 1 unspecified atom stereocenters. The molecule has 1 amide bonds. The third kappa shape index (κ3) is 4.15. The maximum absolute atomic E-state index is 12.9. The van der Waals surface area contributed by atoms with Gasteiger partial charge in [-0.25, -0.2) is 0 Å². The van der Waals surface area contributed by atoms with E-state index in [4.69, 9.17) is 4.74 Å². The Balaban J connectivity index is 1.84. The molecule has 1 atom stereocenters. The van der Waals surface area contributed by atoms with Gasteiger partial charge < -0.3 is 14.6 Å². The number of likely N-dealkylation sites (tertiary alicyclic amines) is 1. The number of alkyl halides is 3. The predicted octanol–water partition coefficient (Wildman–Crippen LogP) is 3.25. The van der Waals surface area contributed by atoms with E-state index < -0.39 is 28.8 Å². The van der Waals surface area contributed by atoms with Crippen molar-refractivity contribution in [3.8, 4) is 5.75 Å². The number of halogens is 3. The molecule has 1 N–H and O–H groups in total. The lowest BCUT2D eigenvalue weighted by atomic mass is 10.0. The summed E-state index contributed by atoms with van der Waals surface area (Å²) >= 11 is 0. The molecule has 5 nitrogen and oxygen atoms in total. The molecule has 0 spiro atoms. The highest BCUT2D eigenvalue weighted by molar-refractivity contribution is 5.94. The molecule has 1 aliphatic rings. The number of aromatic nitrogens is 1. The van der Waals surface area contributed by atoms with Crippen LogP contribution in [0.1, 0.15) is 34.3 Å². The molecular formula is C19H19F3N2O3. The highest BCUT2D eigenvalue weighted by atomic mass is 19.4. The van der Waals surface area contributed by atoms with Gasteiger partial charge in [0.25, 0.3) is 11.5 Å². The van der Waals surface area contributed by atoms with Crippen LogP contribution in [0.3, 0.4) is 0 Å². The lowest BCUT2D eigenvalue weighted by Crippen LogP contribution is -2.39. The zero-order valence-electron chi connectivity index (χ0n) is 14.7. The van der Waals surface area contributed by atoms with Crippen molar-refractivity contribution in [2.75, 3.05) is 13.7 Å². The Morgan fingerprint density at radius 3 is 2.81 bits per heavy atom. The van der Waals surface area contributed by atoms with Gasteiger partial charge in [0.2, 0.25) is 0 Å². The lowest BCUT2D eigenvalue weighted by molar-refractivity contribution is -0.137. The van der Waals surface area contributed by atoms with Crippen LogP contribution in [0.4, 0.5) is 13.2 Å². The molecule has 0 radical (unpaired) electrons. The van der Waals surface area contributed by atoms with E-state index in [0.717, 1.165) is 18.4 Å². The van der Waals surface area contributed by atoms with Gasteiger partial charge in [-0.15, -0.1) is 0 Å². The minimum Gasteiger partial charge on any atom is -0.497 e. The number of methoxy groups -OCH3 is 1. The van der Waals surface area contributed by atoms with Crippen LogP contribution in [-0.4, -0.2) is 35.5 Å². The maximum atomic E-state index is 12.9. The first kappa shape index (κ1) is 19.0. The number of nitrogens with zero attached hydrogens (tertiary/aromatic N) is 1.